The van der Waals surface area contributed by atoms with Crippen molar-refractivity contribution in [1.29, 1.82) is 0 Å². The van der Waals surface area contributed by atoms with Crippen molar-refractivity contribution in [3.8, 4) is 0 Å². The van der Waals surface area contributed by atoms with Gasteiger partial charge in [0.1, 0.15) is 5.82 Å². The summed E-state index contributed by atoms with van der Waals surface area (Å²) in [5.74, 6) is -1.42. The summed E-state index contributed by atoms with van der Waals surface area (Å²) < 4.78 is 13.4. The van der Waals surface area contributed by atoms with E-state index in [0.29, 0.717) is 17.8 Å². The number of amides is 2. The zero-order valence-corrected chi connectivity index (χ0v) is 14.6. The summed E-state index contributed by atoms with van der Waals surface area (Å²) in [7, 11) is 1.73. The van der Waals surface area contributed by atoms with Gasteiger partial charge in [0.2, 0.25) is 11.8 Å². The fourth-order valence-corrected chi connectivity index (χ4v) is 3.28. The van der Waals surface area contributed by atoms with Gasteiger partial charge >= 0.3 is 0 Å². The third-order valence-corrected chi connectivity index (χ3v) is 4.63. The lowest BCUT2D eigenvalue weighted by Gasteiger charge is -2.29. The predicted octanol–water partition coefficient (Wildman–Crippen LogP) is 3.53. The van der Waals surface area contributed by atoms with Gasteiger partial charge in [0, 0.05) is 25.7 Å². The minimum absolute atomic E-state index is 0.0781. The highest BCUT2D eigenvalue weighted by atomic mass is 19.1. The molecular formula is C20H21FN2O2. The summed E-state index contributed by atoms with van der Waals surface area (Å²) in [6, 6.07) is 10.3. The second kappa shape index (κ2) is 6.67. The molecule has 4 nitrogen and oxygen atoms in total. The first-order valence-electron chi connectivity index (χ1n) is 8.25. The highest BCUT2D eigenvalue weighted by Gasteiger charge is 2.32. The van der Waals surface area contributed by atoms with Crippen LogP contribution in [0.2, 0.25) is 0 Å². The van der Waals surface area contributed by atoms with E-state index in [9.17, 15) is 14.0 Å². The summed E-state index contributed by atoms with van der Waals surface area (Å²) in [5.41, 5.74) is 4.42. The van der Waals surface area contributed by atoms with E-state index >= 15 is 0 Å². The van der Waals surface area contributed by atoms with Crippen LogP contribution in [0.25, 0.3) is 0 Å². The van der Waals surface area contributed by atoms with Gasteiger partial charge in [-0.1, -0.05) is 29.8 Å². The molecule has 25 heavy (non-hydrogen) atoms. The molecule has 0 saturated carbocycles. The van der Waals surface area contributed by atoms with E-state index in [2.05, 4.69) is 11.4 Å². The Kier molecular flexibility index (Phi) is 4.57. The van der Waals surface area contributed by atoms with Gasteiger partial charge in [-0.15, -0.1) is 0 Å². The van der Waals surface area contributed by atoms with E-state index in [1.807, 2.05) is 26.0 Å². The average molecular weight is 340 g/mol. The number of nitrogens with zero attached hydrogens (tertiary/aromatic N) is 1. The zero-order valence-electron chi connectivity index (χ0n) is 14.6. The first kappa shape index (κ1) is 17.1. The molecule has 1 heterocycles. The summed E-state index contributed by atoms with van der Waals surface area (Å²) >= 11 is 0. The minimum Gasteiger partial charge on any atom is -0.341 e. The number of likely N-dealkylation sites (N-methyl/N-ethyl adjacent to an activating group) is 1. The molecule has 0 aliphatic carbocycles. The summed E-state index contributed by atoms with van der Waals surface area (Å²) in [4.78, 5) is 26.5. The molecule has 0 radical (unpaired) electrons. The number of hydrogen-bond acceptors (Lipinski definition) is 2. The van der Waals surface area contributed by atoms with Gasteiger partial charge in [-0.05, 0) is 42.7 Å². The number of carbonyl (C=O) groups is 2. The first-order valence-corrected chi connectivity index (χ1v) is 8.25. The van der Waals surface area contributed by atoms with E-state index in [4.69, 9.17) is 0 Å². The van der Waals surface area contributed by atoms with Crippen LogP contribution in [0.5, 0.6) is 0 Å². The highest BCUT2D eigenvalue weighted by Crippen LogP contribution is 2.34. The third-order valence-electron chi connectivity index (χ3n) is 4.63. The van der Waals surface area contributed by atoms with Crippen molar-refractivity contribution in [2.24, 2.45) is 0 Å². The first-order chi connectivity index (χ1) is 11.8. The normalized spacial score (nSPS) is 16.2. The van der Waals surface area contributed by atoms with Gasteiger partial charge in [-0.2, -0.15) is 0 Å². The summed E-state index contributed by atoms with van der Waals surface area (Å²) in [6.07, 6.45) is 0.0781. The van der Waals surface area contributed by atoms with Crippen LogP contribution in [-0.2, 0) is 16.1 Å². The van der Waals surface area contributed by atoms with Crippen LogP contribution < -0.4 is 5.32 Å². The maximum Gasteiger partial charge on any atom is 0.230 e. The van der Waals surface area contributed by atoms with Crippen LogP contribution in [0, 0.1) is 19.7 Å². The van der Waals surface area contributed by atoms with Crippen LogP contribution in [0.15, 0.2) is 36.4 Å². The number of rotatable bonds is 3. The van der Waals surface area contributed by atoms with Crippen molar-refractivity contribution in [1.82, 2.24) is 4.90 Å². The highest BCUT2D eigenvalue weighted by molar-refractivity contribution is 6.01. The Balaban J connectivity index is 1.84. The Morgan fingerprint density at radius 3 is 2.72 bits per heavy atom. The molecule has 1 aliphatic heterocycles. The van der Waals surface area contributed by atoms with Gasteiger partial charge in [0.25, 0.3) is 0 Å². The molecule has 0 spiro atoms. The fraction of sp³-hybridized carbons (Fsp3) is 0.300. The van der Waals surface area contributed by atoms with Gasteiger partial charge in [-0.25, -0.2) is 4.39 Å². The number of hydrogen-bond donors (Lipinski definition) is 1. The van der Waals surface area contributed by atoms with E-state index in [-0.39, 0.29) is 18.2 Å². The lowest BCUT2D eigenvalue weighted by molar-refractivity contribution is -0.134. The molecule has 0 bridgehead atoms. The Bertz CT molecular complexity index is 848. The van der Waals surface area contributed by atoms with Crippen molar-refractivity contribution >= 4 is 17.5 Å². The molecule has 130 valence electrons. The Morgan fingerprint density at radius 2 is 2.00 bits per heavy atom. The fourth-order valence-electron chi connectivity index (χ4n) is 3.28. The van der Waals surface area contributed by atoms with E-state index in [0.717, 1.165) is 11.1 Å². The van der Waals surface area contributed by atoms with Crippen LogP contribution in [0.3, 0.4) is 0 Å². The number of anilines is 1. The van der Waals surface area contributed by atoms with Crippen LogP contribution in [0.1, 0.15) is 34.6 Å². The molecule has 2 aromatic carbocycles. The van der Waals surface area contributed by atoms with Gasteiger partial charge in [0.15, 0.2) is 0 Å². The van der Waals surface area contributed by atoms with Crippen LogP contribution >= 0.6 is 0 Å². The smallest absolute Gasteiger partial charge is 0.230 e. The minimum atomic E-state index is -0.583. The number of fused-ring (bicyclic) bond motifs is 1. The van der Waals surface area contributed by atoms with Crippen LogP contribution in [0.4, 0.5) is 10.1 Å². The zero-order chi connectivity index (χ0) is 18.1. The molecular weight excluding hydrogens is 319 g/mol. The van der Waals surface area contributed by atoms with Gasteiger partial charge in [-0.3, -0.25) is 9.59 Å². The SMILES string of the molecule is Cc1ccc(CN(C)C(=O)[C@H]2CC(=O)Nc3cc(F)ccc32)c(C)c1. The molecule has 3 rings (SSSR count). The molecule has 0 saturated heterocycles. The van der Waals surface area contributed by atoms with Crippen molar-refractivity contribution in [2.75, 3.05) is 12.4 Å². The quantitative estimate of drug-likeness (QED) is 0.929. The second-order valence-corrected chi connectivity index (χ2v) is 6.66. The molecule has 1 N–H and O–H groups in total. The monoisotopic (exact) mass is 340 g/mol. The van der Waals surface area contributed by atoms with Gasteiger partial charge in [0.05, 0.1) is 5.92 Å². The maximum atomic E-state index is 13.4. The molecule has 2 amide bonds. The number of halogens is 1. The van der Waals surface area contributed by atoms with Crippen molar-refractivity contribution in [3.05, 3.63) is 64.5 Å². The molecule has 1 atom stereocenters. The number of benzene rings is 2. The van der Waals surface area contributed by atoms with Crippen LogP contribution in [-0.4, -0.2) is 23.8 Å². The van der Waals surface area contributed by atoms with Gasteiger partial charge < -0.3 is 10.2 Å². The number of aryl methyl sites for hydroxylation is 2. The van der Waals surface area contributed by atoms with E-state index in [1.54, 1.807) is 18.0 Å². The molecule has 5 heteroatoms. The molecule has 0 fully saturated rings. The predicted molar refractivity (Wildman–Crippen MR) is 94.8 cm³/mol. The van der Waals surface area contributed by atoms with Crippen molar-refractivity contribution < 1.29 is 14.0 Å². The second-order valence-electron chi connectivity index (χ2n) is 6.66. The molecule has 1 aliphatic rings. The lowest BCUT2D eigenvalue weighted by atomic mass is 9.89. The number of nitrogens with one attached hydrogen (secondary N) is 1. The van der Waals surface area contributed by atoms with E-state index in [1.165, 1.54) is 17.7 Å². The Hall–Kier alpha value is -2.69. The standard InChI is InChI=1S/C20H21FN2O2/c1-12-4-5-14(13(2)8-12)11-23(3)20(25)17-10-19(24)22-18-9-15(21)6-7-16(17)18/h4-9,17H,10-11H2,1-3H3,(H,22,24)/t17-/m0/s1. The lowest BCUT2D eigenvalue weighted by Crippen LogP contribution is -2.36. The molecule has 0 aromatic heterocycles. The Morgan fingerprint density at radius 1 is 1.24 bits per heavy atom. The summed E-state index contributed by atoms with van der Waals surface area (Å²) in [6.45, 7) is 4.52. The summed E-state index contributed by atoms with van der Waals surface area (Å²) in [5, 5.41) is 2.64. The van der Waals surface area contributed by atoms with Crippen molar-refractivity contribution in [3.63, 3.8) is 0 Å². The third kappa shape index (κ3) is 3.55. The topological polar surface area (TPSA) is 49.4 Å². The molecule has 2 aromatic rings. The average Bonchev–Trinajstić information content (AvgIpc) is 2.55. The maximum absolute atomic E-state index is 13.4. The largest absolute Gasteiger partial charge is 0.341 e. The van der Waals surface area contributed by atoms with E-state index < -0.39 is 11.7 Å². The van der Waals surface area contributed by atoms with Crippen molar-refractivity contribution in [2.45, 2.75) is 32.7 Å². The Labute approximate surface area is 146 Å². The number of carbonyl (C=O) groups excluding carboxylic acids is 2. The molecule has 0 unspecified atom stereocenters.